The maximum atomic E-state index is 11.1. The van der Waals surface area contributed by atoms with Gasteiger partial charge in [0.25, 0.3) is 0 Å². The van der Waals surface area contributed by atoms with Gasteiger partial charge in [-0.2, -0.15) is 0 Å². The molecule has 0 bridgehead atoms. The van der Waals surface area contributed by atoms with Crippen molar-refractivity contribution in [3.8, 4) is 0 Å². The Morgan fingerprint density at radius 2 is 2.12 bits per heavy atom. The Morgan fingerprint density at radius 3 is 2.69 bits per heavy atom. The van der Waals surface area contributed by atoms with E-state index in [0.29, 0.717) is 5.82 Å². The fourth-order valence-corrected chi connectivity index (χ4v) is 1.84. The summed E-state index contributed by atoms with van der Waals surface area (Å²) >= 11 is 5.65. The lowest BCUT2D eigenvalue weighted by molar-refractivity contribution is 0.588. The lowest BCUT2D eigenvalue weighted by Gasteiger charge is -2.06. The Kier molecular flexibility index (Phi) is 4.45. The standard InChI is InChI=1S/C8H13ClN4O2S/c1-6-5-7(13-8(9)12-6)11-3-4-16(14,15)10-2/h5,10H,3-4H2,1-2H3,(H,11,12,13). The Labute approximate surface area is 99.5 Å². The number of aromatic nitrogens is 2. The zero-order valence-corrected chi connectivity index (χ0v) is 10.6. The van der Waals surface area contributed by atoms with Gasteiger partial charge in [0.1, 0.15) is 5.82 Å². The molecule has 0 fully saturated rings. The first kappa shape index (κ1) is 13.1. The SMILES string of the molecule is CNS(=O)(=O)CCNc1cc(C)nc(Cl)n1. The summed E-state index contributed by atoms with van der Waals surface area (Å²) < 4.78 is 24.5. The summed E-state index contributed by atoms with van der Waals surface area (Å²) in [6.07, 6.45) is 0. The Balaban J connectivity index is 2.55. The monoisotopic (exact) mass is 264 g/mol. The predicted molar refractivity (Wildman–Crippen MR) is 63.1 cm³/mol. The van der Waals surface area contributed by atoms with Gasteiger partial charge in [-0.15, -0.1) is 0 Å². The highest BCUT2D eigenvalue weighted by Gasteiger charge is 2.06. The topological polar surface area (TPSA) is 84.0 Å². The normalized spacial score (nSPS) is 11.4. The van der Waals surface area contributed by atoms with E-state index in [2.05, 4.69) is 20.0 Å². The molecule has 0 unspecified atom stereocenters. The predicted octanol–water partition coefficient (Wildman–Crippen LogP) is 0.400. The van der Waals surface area contributed by atoms with Gasteiger partial charge in [0.2, 0.25) is 15.3 Å². The summed E-state index contributed by atoms with van der Waals surface area (Å²) in [6.45, 7) is 2.04. The summed E-state index contributed by atoms with van der Waals surface area (Å²) in [4.78, 5) is 7.80. The van der Waals surface area contributed by atoms with Gasteiger partial charge in [-0.05, 0) is 25.6 Å². The highest BCUT2D eigenvalue weighted by Crippen LogP contribution is 2.09. The van der Waals surface area contributed by atoms with Crippen molar-refractivity contribution in [3.05, 3.63) is 17.0 Å². The van der Waals surface area contributed by atoms with Crippen LogP contribution in [0.5, 0.6) is 0 Å². The van der Waals surface area contributed by atoms with Gasteiger partial charge in [-0.1, -0.05) is 0 Å². The maximum absolute atomic E-state index is 11.1. The van der Waals surface area contributed by atoms with Crippen LogP contribution in [-0.2, 0) is 10.0 Å². The van der Waals surface area contributed by atoms with Gasteiger partial charge in [0.15, 0.2) is 0 Å². The largest absolute Gasteiger partial charge is 0.369 e. The molecular weight excluding hydrogens is 252 g/mol. The highest BCUT2D eigenvalue weighted by atomic mass is 35.5. The molecule has 8 heteroatoms. The molecule has 90 valence electrons. The average molecular weight is 265 g/mol. The van der Waals surface area contributed by atoms with Gasteiger partial charge in [0.05, 0.1) is 5.75 Å². The zero-order chi connectivity index (χ0) is 12.2. The first-order chi connectivity index (χ1) is 7.43. The number of halogens is 1. The van der Waals surface area contributed by atoms with E-state index in [4.69, 9.17) is 11.6 Å². The number of hydrogen-bond acceptors (Lipinski definition) is 5. The van der Waals surface area contributed by atoms with Gasteiger partial charge in [-0.3, -0.25) is 0 Å². The molecule has 1 aromatic rings. The van der Waals surface area contributed by atoms with Crippen LogP contribution in [0.15, 0.2) is 6.07 Å². The van der Waals surface area contributed by atoms with E-state index in [9.17, 15) is 8.42 Å². The fraction of sp³-hybridized carbons (Fsp3) is 0.500. The fourth-order valence-electron chi connectivity index (χ4n) is 1.04. The molecule has 1 aromatic heterocycles. The minimum Gasteiger partial charge on any atom is -0.369 e. The van der Waals surface area contributed by atoms with Crippen molar-refractivity contribution in [2.45, 2.75) is 6.92 Å². The zero-order valence-electron chi connectivity index (χ0n) is 8.99. The molecule has 0 aromatic carbocycles. The number of anilines is 1. The third-order valence-electron chi connectivity index (χ3n) is 1.81. The summed E-state index contributed by atoms with van der Waals surface area (Å²) in [5.41, 5.74) is 0.721. The van der Waals surface area contributed by atoms with Crippen molar-refractivity contribution >= 4 is 27.4 Å². The molecule has 2 N–H and O–H groups in total. The number of hydrogen-bond donors (Lipinski definition) is 2. The van der Waals surface area contributed by atoms with E-state index in [1.165, 1.54) is 7.05 Å². The second-order valence-corrected chi connectivity index (χ2v) is 5.50. The van der Waals surface area contributed by atoms with Crippen LogP contribution in [-0.4, -0.2) is 37.7 Å². The third-order valence-corrected chi connectivity index (χ3v) is 3.35. The maximum Gasteiger partial charge on any atom is 0.224 e. The Hall–Kier alpha value is -0.920. The molecule has 16 heavy (non-hydrogen) atoms. The van der Waals surface area contributed by atoms with Gasteiger partial charge >= 0.3 is 0 Å². The van der Waals surface area contributed by atoms with Gasteiger partial charge in [0, 0.05) is 18.3 Å². The van der Waals surface area contributed by atoms with Crippen molar-refractivity contribution in [1.82, 2.24) is 14.7 Å². The van der Waals surface area contributed by atoms with E-state index in [-0.39, 0.29) is 17.6 Å². The summed E-state index contributed by atoms with van der Waals surface area (Å²) in [5, 5.41) is 3.00. The van der Waals surface area contributed by atoms with E-state index >= 15 is 0 Å². The van der Waals surface area contributed by atoms with Crippen molar-refractivity contribution in [3.63, 3.8) is 0 Å². The van der Waals surface area contributed by atoms with Crippen LogP contribution in [0, 0.1) is 6.92 Å². The lowest BCUT2D eigenvalue weighted by Crippen LogP contribution is -2.26. The molecule has 1 heterocycles. The van der Waals surface area contributed by atoms with Crippen molar-refractivity contribution < 1.29 is 8.42 Å². The molecule has 6 nitrogen and oxygen atoms in total. The molecule has 0 aliphatic carbocycles. The van der Waals surface area contributed by atoms with Crippen molar-refractivity contribution in [2.24, 2.45) is 0 Å². The van der Waals surface area contributed by atoms with E-state index in [1.807, 2.05) is 0 Å². The van der Waals surface area contributed by atoms with Crippen LogP contribution in [0.4, 0.5) is 5.82 Å². The van der Waals surface area contributed by atoms with Crippen LogP contribution in [0.25, 0.3) is 0 Å². The van der Waals surface area contributed by atoms with Crippen LogP contribution < -0.4 is 10.0 Å². The summed E-state index contributed by atoms with van der Waals surface area (Å²) in [6, 6.07) is 1.69. The molecule has 0 atom stereocenters. The molecule has 1 rings (SSSR count). The van der Waals surface area contributed by atoms with E-state index < -0.39 is 10.0 Å². The Bertz CT molecular complexity index is 443. The second kappa shape index (κ2) is 5.42. The van der Waals surface area contributed by atoms with E-state index in [0.717, 1.165) is 5.69 Å². The molecule has 0 radical (unpaired) electrons. The minimum absolute atomic E-state index is 0.0236. The molecular formula is C8H13ClN4O2S. The Morgan fingerprint density at radius 1 is 1.44 bits per heavy atom. The third kappa shape index (κ3) is 4.30. The van der Waals surface area contributed by atoms with E-state index in [1.54, 1.807) is 13.0 Å². The lowest BCUT2D eigenvalue weighted by atomic mass is 10.4. The average Bonchev–Trinajstić information content (AvgIpc) is 2.16. The first-order valence-electron chi connectivity index (χ1n) is 4.59. The number of aryl methyl sites for hydroxylation is 1. The van der Waals surface area contributed by atoms with Crippen LogP contribution in [0.3, 0.4) is 0 Å². The number of nitrogens with one attached hydrogen (secondary N) is 2. The van der Waals surface area contributed by atoms with Crippen molar-refractivity contribution in [1.29, 1.82) is 0 Å². The molecule has 0 amide bonds. The summed E-state index contributed by atoms with van der Waals surface area (Å²) in [7, 11) is -1.82. The summed E-state index contributed by atoms with van der Waals surface area (Å²) in [5.74, 6) is 0.494. The van der Waals surface area contributed by atoms with Crippen LogP contribution in [0.2, 0.25) is 5.28 Å². The van der Waals surface area contributed by atoms with Gasteiger partial charge in [-0.25, -0.2) is 23.1 Å². The highest BCUT2D eigenvalue weighted by molar-refractivity contribution is 7.89. The number of sulfonamides is 1. The molecule has 0 saturated heterocycles. The number of nitrogens with zero attached hydrogens (tertiary/aromatic N) is 2. The minimum atomic E-state index is -3.20. The van der Waals surface area contributed by atoms with Crippen LogP contribution in [0.1, 0.15) is 5.69 Å². The first-order valence-corrected chi connectivity index (χ1v) is 6.62. The second-order valence-electron chi connectivity index (χ2n) is 3.11. The number of rotatable bonds is 5. The van der Waals surface area contributed by atoms with Gasteiger partial charge < -0.3 is 5.32 Å². The van der Waals surface area contributed by atoms with Crippen molar-refractivity contribution in [2.75, 3.05) is 24.7 Å². The molecule has 0 aliphatic rings. The molecule has 0 aliphatic heterocycles. The quantitative estimate of drug-likeness (QED) is 0.752. The molecule has 0 saturated carbocycles. The van der Waals surface area contributed by atoms with Crippen LogP contribution >= 0.6 is 11.6 Å². The smallest absolute Gasteiger partial charge is 0.224 e. The molecule has 0 spiro atoms.